The first-order valence-corrected chi connectivity index (χ1v) is 8.99. The predicted molar refractivity (Wildman–Crippen MR) is 105 cm³/mol. The number of benzene rings is 1. The standard InChI is InChI=1S/C18H19FN8O2/c1-10(28)23-17-21-8-12(9-22-17)26-2-4-27(5-3-26)18-24-14-7-11(19)6-13(16(20)29)15(14)25-18/h6-9H,2-5H2,1H3,(H2,20,29)(H,24,25)(H,21,22,23,28). The molecule has 11 heteroatoms. The summed E-state index contributed by atoms with van der Waals surface area (Å²) in [7, 11) is 0. The van der Waals surface area contributed by atoms with Crippen LogP contribution in [0.25, 0.3) is 11.0 Å². The zero-order chi connectivity index (χ0) is 20.5. The third-order valence-electron chi connectivity index (χ3n) is 4.67. The van der Waals surface area contributed by atoms with E-state index in [2.05, 4.69) is 30.2 Å². The van der Waals surface area contributed by atoms with E-state index in [0.29, 0.717) is 43.2 Å². The van der Waals surface area contributed by atoms with Gasteiger partial charge in [0.1, 0.15) is 11.3 Å². The zero-order valence-electron chi connectivity index (χ0n) is 15.6. The lowest BCUT2D eigenvalue weighted by Crippen LogP contribution is -2.47. The molecule has 2 amide bonds. The van der Waals surface area contributed by atoms with Crippen LogP contribution in [0.1, 0.15) is 17.3 Å². The second-order valence-corrected chi connectivity index (χ2v) is 6.69. The molecule has 1 aromatic carbocycles. The van der Waals surface area contributed by atoms with Crippen LogP contribution in [0, 0.1) is 5.82 Å². The molecule has 29 heavy (non-hydrogen) atoms. The van der Waals surface area contributed by atoms with E-state index in [1.54, 1.807) is 12.4 Å². The van der Waals surface area contributed by atoms with Crippen LogP contribution in [-0.2, 0) is 4.79 Å². The largest absolute Gasteiger partial charge is 0.366 e. The lowest BCUT2D eigenvalue weighted by atomic mass is 10.1. The highest BCUT2D eigenvalue weighted by atomic mass is 19.1. The molecule has 1 aliphatic rings. The number of primary amides is 1. The summed E-state index contributed by atoms with van der Waals surface area (Å²) in [6.07, 6.45) is 3.33. The molecule has 4 N–H and O–H groups in total. The molecule has 0 radical (unpaired) electrons. The van der Waals surface area contributed by atoms with E-state index >= 15 is 0 Å². The molecule has 0 bridgehead atoms. The number of nitrogens with zero attached hydrogens (tertiary/aromatic N) is 5. The van der Waals surface area contributed by atoms with Crippen molar-refractivity contribution in [3.63, 3.8) is 0 Å². The van der Waals surface area contributed by atoms with Gasteiger partial charge in [0.15, 0.2) is 0 Å². The molecular weight excluding hydrogens is 379 g/mol. The minimum Gasteiger partial charge on any atom is -0.366 e. The van der Waals surface area contributed by atoms with Crippen molar-refractivity contribution in [3.05, 3.63) is 35.9 Å². The number of piperazine rings is 1. The average molecular weight is 398 g/mol. The first-order chi connectivity index (χ1) is 13.9. The molecule has 10 nitrogen and oxygen atoms in total. The Labute approximate surface area is 164 Å². The van der Waals surface area contributed by atoms with Gasteiger partial charge in [-0.15, -0.1) is 0 Å². The minimum atomic E-state index is -0.722. The summed E-state index contributed by atoms with van der Waals surface area (Å²) in [4.78, 5) is 42.6. The van der Waals surface area contributed by atoms with Crippen LogP contribution in [0.15, 0.2) is 24.5 Å². The Morgan fingerprint density at radius 2 is 1.79 bits per heavy atom. The number of carbonyl (C=O) groups is 2. The van der Waals surface area contributed by atoms with Gasteiger partial charge < -0.3 is 20.5 Å². The SMILES string of the molecule is CC(=O)Nc1ncc(N2CCN(c3nc4c(C(N)=O)cc(F)cc4[nH]3)CC2)cn1. The van der Waals surface area contributed by atoms with Crippen molar-refractivity contribution in [2.75, 3.05) is 41.3 Å². The highest BCUT2D eigenvalue weighted by molar-refractivity contribution is 6.04. The van der Waals surface area contributed by atoms with Crippen LogP contribution in [0.4, 0.5) is 22.0 Å². The second kappa shape index (κ2) is 7.34. The molecule has 0 unspecified atom stereocenters. The molecule has 150 valence electrons. The lowest BCUT2D eigenvalue weighted by molar-refractivity contribution is -0.114. The van der Waals surface area contributed by atoms with E-state index in [1.165, 1.54) is 13.0 Å². The van der Waals surface area contributed by atoms with E-state index in [1.807, 2.05) is 4.90 Å². The van der Waals surface area contributed by atoms with Crippen molar-refractivity contribution in [2.24, 2.45) is 5.73 Å². The average Bonchev–Trinajstić information content (AvgIpc) is 3.11. The van der Waals surface area contributed by atoms with Gasteiger partial charge in [0.05, 0.1) is 29.2 Å². The number of nitrogens with two attached hydrogens (primary N) is 1. The van der Waals surface area contributed by atoms with Crippen molar-refractivity contribution < 1.29 is 14.0 Å². The van der Waals surface area contributed by atoms with Gasteiger partial charge >= 0.3 is 0 Å². The van der Waals surface area contributed by atoms with E-state index in [-0.39, 0.29) is 17.4 Å². The summed E-state index contributed by atoms with van der Waals surface area (Å²) in [5, 5.41) is 2.53. The van der Waals surface area contributed by atoms with Gasteiger partial charge in [0, 0.05) is 33.1 Å². The van der Waals surface area contributed by atoms with E-state index in [9.17, 15) is 14.0 Å². The fraction of sp³-hybridized carbons (Fsp3) is 0.278. The summed E-state index contributed by atoms with van der Waals surface area (Å²) in [5.74, 6) is -0.671. The maximum atomic E-state index is 13.7. The quantitative estimate of drug-likeness (QED) is 0.594. The molecular formula is C18H19FN8O2. The highest BCUT2D eigenvalue weighted by Gasteiger charge is 2.22. The number of rotatable bonds is 4. The van der Waals surface area contributed by atoms with Crippen LogP contribution in [0.2, 0.25) is 0 Å². The molecule has 4 rings (SSSR count). The number of nitrogens with one attached hydrogen (secondary N) is 2. The van der Waals surface area contributed by atoms with Crippen molar-refractivity contribution in [1.29, 1.82) is 0 Å². The van der Waals surface area contributed by atoms with Crippen molar-refractivity contribution in [1.82, 2.24) is 19.9 Å². The fourth-order valence-electron chi connectivity index (χ4n) is 3.29. The van der Waals surface area contributed by atoms with Crippen LogP contribution >= 0.6 is 0 Å². The normalized spacial score (nSPS) is 14.3. The molecule has 3 heterocycles. The Morgan fingerprint density at radius 1 is 1.14 bits per heavy atom. The van der Waals surface area contributed by atoms with Gasteiger partial charge in [-0.05, 0) is 12.1 Å². The van der Waals surface area contributed by atoms with Crippen LogP contribution in [0.5, 0.6) is 0 Å². The summed E-state index contributed by atoms with van der Waals surface area (Å²) in [6.45, 7) is 4.09. The highest BCUT2D eigenvalue weighted by Crippen LogP contribution is 2.24. The number of halogens is 1. The van der Waals surface area contributed by atoms with E-state index in [0.717, 1.165) is 11.8 Å². The van der Waals surface area contributed by atoms with E-state index in [4.69, 9.17) is 5.73 Å². The number of hydrogen-bond donors (Lipinski definition) is 3. The maximum Gasteiger partial charge on any atom is 0.251 e. The number of aromatic amines is 1. The van der Waals surface area contributed by atoms with Crippen LogP contribution in [0.3, 0.4) is 0 Å². The Balaban J connectivity index is 1.47. The molecule has 0 atom stereocenters. The fourth-order valence-corrected chi connectivity index (χ4v) is 3.29. The number of amides is 2. The number of H-pyrrole nitrogens is 1. The Kier molecular flexibility index (Phi) is 4.71. The lowest BCUT2D eigenvalue weighted by Gasteiger charge is -2.35. The molecule has 3 aromatic rings. The number of fused-ring (bicyclic) bond motifs is 1. The molecule has 0 saturated carbocycles. The van der Waals surface area contributed by atoms with Gasteiger partial charge in [0.25, 0.3) is 5.91 Å². The van der Waals surface area contributed by atoms with Gasteiger partial charge in [-0.3, -0.25) is 14.9 Å². The molecule has 0 aliphatic carbocycles. The summed E-state index contributed by atoms with van der Waals surface area (Å²) >= 11 is 0. The number of hydrogen-bond acceptors (Lipinski definition) is 7. The Hall–Kier alpha value is -3.76. The van der Waals surface area contributed by atoms with Crippen LogP contribution in [-0.4, -0.2) is 57.9 Å². The number of anilines is 3. The van der Waals surface area contributed by atoms with Crippen molar-refractivity contribution >= 4 is 40.4 Å². The summed E-state index contributed by atoms with van der Waals surface area (Å²) in [6, 6.07) is 2.39. The first kappa shape index (κ1) is 18.6. The van der Waals surface area contributed by atoms with Crippen LogP contribution < -0.4 is 20.9 Å². The number of aromatic nitrogens is 4. The predicted octanol–water partition coefficient (Wildman–Crippen LogP) is 0.876. The van der Waals surface area contributed by atoms with Gasteiger partial charge in [-0.2, -0.15) is 0 Å². The Bertz CT molecular complexity index is 1070. The number of carbonyl (C=O) groups excluding carboxylic acids is 2. The smallest absolute Gasteiger partial charge is 0.251 e. The molecule has 2 aromatic heterocycles. The van der Waals surface area contributed by atoms with Gasteiger partial charge in [-0.1, -0.05) is 0 Å². The third kappa shape index (κ3) is 3.79. The summed E-state index contributed by atoms with van der Waals surface area (Å²) in [5.41, 5.74) is 7.03. The topological polar surface area (TPSA) is 133 Å². The zero-order valence-corrected chi connectivity index (χ0v) is 15.6. The third-order valence-corrected chi connectivity index (χ3v) is 4.67. The second-order valence-electron chi connectivity index (χ2n) is 6.69. The minimum absolute atomic E-state index is 0.0533. The van der Waals surface area contributed by atoms with Crippen molar-refractivity contribution in [3.8, 4) is 0 Å². The molecule has 0 spiro atoms. The number of imidazole rings is 1. The first-order valence-electron chi connectivity index (χ1n) is 8.99. The van der Waals surface area contributed by atoms with Crippen molar-refractivity contribution in [2.45, 2.75) is 6.92 Å². The summed E-state index contributed by atoms with van der Waals surface area (Å²) < 4.78 is 13.7. The monoisotopic (exact) mass is 398 g/mol. The van der Waals surface area contributed by atoms with E-state index < -0.39 is 11.7 Å². The maximum absolute atomic E-state index is 13.7. The van der Waals surface area contributed by atoms with Gasteiger partial charge in [0.2, 0.25) is 17.8 Å². The molecule has 1 aliphatic heterocycles. The Morgan fingerprint density at radius 3 is 2.41 bits per heavy atom. The van der Waals surface area contributed by atoms with Gasteiger partial charge in [-0.25, -0.2) is 19.3 Å². The molecule has 1 fully saturated rings. The molecule has 1 saturated heterocycles.